The van der Waals surface area contributed by atoms with Crippen molar-refractivity contribution in [3.8, 4) is 34.2 Å². The number of nitrogens with one attached hydrogen (secondary N) is 1. The predicted molar refractivity (Wildman–Crippen MR) is 153 cm³/mol. The van der Waals surface area contributed by atoms with E-state index in [1.807, 2.05) is 60.7 Å². The molecule has 0 aliphatic rings. The number of carbonyl (C=O) groups is 2. The zero-order valence-corrected chi connectivity index (χ0v) is 22.5. The molecule has 1 heterocycles. The molecule has 0 fully saturated rings. The molecule has 0 aliphatic carbocycles. The minimum atomic E-state index is -0.402. The maximum absolute atomic E-state index is 13.3. The lowest BCUT2D eigenvalue weighted by atomic mass is 9.99. The van der Waals surface area contributed by atoms with Crippen LogP contribution in [0.4, 0.5) is 5.69 Å². The predicted octanol–water partition coefficient (Wildman–Crippen LogP) is 6.25. The van der Waals surface area contributed by atoms with E-state index in [0.29, 0.717) is 27.5 Å². The molecule has 0 saturated heterocycles. The number of methoxy groups -OCH3 is 1. The summed E-state index contributed by atoms with van der Waals surface area (Å²) in [6.07, 6.45) is 0. The highest BCUT2D eigenvalue weighted by Gasteiger charge is 2.19. The third-order valence-electron chi connectivity index (χ3n) is 5.86. The number of anilines is 1. The van der Waals surface area contributed by atoms with Gasteiger partial charge in [-0.15, -0.1) is 0 Å². The molecule has 196 valence electrons. The Morgan fingerprint density at radius 3 is 2.38 bits per heavy atom. The molecule has 0 radical (unpaired) electrons. The van der Waals surface area contributed by atoms with Gasteiger partial charge in [0.05, 0.1) is 30.7 Å². The van der Waals surface area contributed by atoms with Crippen molar-refractivity contribution >= 4 is 29.2 Å². The number of pyridine rings is 1. The first-order valence-corrected chi connectivity index (χ1v) is 13.3. The fourth-order valence-corrected chi connectivity index (χ4v) is 4.85. The lowest BCUT2D eigenvalue weighted by Crippen LogP contribution is -2.18. The zero-order chi connectivity index (χ0) is 27.6. The Kier molecular flexibility index (Phi) is 9.33. The molecule has 4 rings (SSSR count). The largest absolute Gasteiger partial charge is 0.497 e. The van der Waals surface area contributed by atoms with Gasteiger partial charge >= 0.3 is 5.97 Å². The monoisotopic (exact) mass is 537 g/mol. The van der Waals surface area contributed by atoms with Gasteiger partial charge in [-0.05, 0) is 55.0 Å². The van der Waals surface area contributed by atoms with Gasteiger partial charge in [0.25, 0.3) is 0 Å². The van der Waals surface area contributed by atoms with Gasteiger partial charge in [-0.3, -0.25) is 9.59 Å². The fraction of sp³-hybridized carbons (Fsp3) is 0.161. The smallest absolute Gasteiger partial charge is 0.325 e. The first kappa shape index (κ1) is 27.4. The maximum atomic E-state index is 13.3. The van der Waals surface area contributed by atoms with Crippen molar-refractivity contribution in [2.45, 2.75) is 11.9 Å². The average molecular weight is 538 g/mol. The Morgan fingerprint density at radius 1 is 0.974 bits per heavy atom. The van der Waals surface area contributed by atoms with Gasteiger partial charge in [0.1, 0.15) is 23.4 Å². The second kappa shape index (κ2) is 13.3. The first-order chi connectivity index (χ1) is 19.0. The number of ether oxygens (including phenoxy) is 2. The summed E-state index contributed by atoms with van der Waals surface area (Å²) < 4.78 is 10.2. The molecule has 3 aromatic carbocycles. The molecular weight excluding hydrogens is 510 g/mol. The number of hydrogen-bond donors (Lipinski definition) is 1. The van der Waals surface area contributed by atoms with Crippen LogP contribution in [0, 0.1) is 11.3 Å². The van der Waals surface area contributed by atoms with Crippen molar-refractivity contribution in [1.29, 1.82) is 5.26 Å². The van der Waals surface area contributed by atoms with Crippen molar-refractivity contribution in [3.63, 3.8) is 0 Å². The number of carbonyl (C=O) groups excluding carboxylic acids is 2. The van der Waals surface area contributed by atoms with Crippen LogP contribution in [-0.4, -0.2) is 42.8 Å². The number of esters is 1. The molecule has 0 spiro atoms. The van der Waals surface area contributed by atoms with Crippen molar-refractivity contribution < 1.29 is 19.1 Å². The van der Waals surface area contributed by atoms with Crippen LogP contribution in [0.25, 0.3) is 22.4 Å². The van der Waals surface area contributed by atoms with Crippen LogP contribution in [0.3, 0.4) is 0 Å². The number of aromatic nitrogens is 1. The van der Waals surface area contributed by atoms with Crippen molar-refractivity contribution in [2.24, 2.45) is 0 Å². The SMILES string of the molecule is CCOC(=O)CNc1ccccc1C(=O)CSc1nc(-c2ccc(OC)cc2)cc(-c2ccccc2)c1C#N. The summed E-state index contributed by atoms with van der Waals surface area (Å²) in [6, 6.07) is 28.4. The third-order valence-corrected chi connectivity index (χ3v) is 6.84. The Morgan fingerprint density at radius 2 is 1.69 bits per heavy atom. The van der Waals surface area contributed by atoms with Crippen LogP contribution in [0.2, 0.25) is 0 Å². The fourth-order valence-electron chi connectivity index (χ4n) is 3.96. The van der Waals surface area contributed by atoms with E-state index in [2.05, 4.69) is 11.4 Å². The molecule has 0 saturated carbocycles. The average Bonchev–Trinajstić information content (AvgIpc) is 2.99. The van der Waals surface area contributed by atoms with E-state index in [1.165, 1.54) is 11.8 Å². The van der Waals surface area contributed by atoms with E-state index >= 15 is 0 Å². The summed E-state index contributed by atoms with van der Waals surface area (Å²) in [5.74, 6) is 0.223. The molecule has 39 heavy (non-hydrogen) atoms. The second-order valence-corrected chi connectivity index (χ2v) is 9.32. The highest BCUT2D eigenvalue weighted by atomic mass is 32.2. The lowest BCUT2D eigenvalue weighted by molar-refractivity contribution is -0.140. The molecule has 0 atom stereocenters. The summed E-state index contributed by atoms with van der Waals surface area (Å²) in [5.41, 5.74) is 4.56. The Hall–Kier alpha value is -4.61. The zero-order valence-electron chi connectivity index (χ0n) is 21.6. The van der Waals surface area contributed by atoms with E-state index in [9.17, 15) is 14.9 Å². The number of nitriles is 1. The number of thioether (sulfide) groups is 1. The molecule has 4 aromatic rings. The van der Waals surface area contributed by atoms with Gasteiger partial charge < -0.3 is 14.8 Å². The normalized spacial score (nSPS) is 10.4. The topological polar surface area (TPSA) is 101 Å². The van der Waals surface area contributed by atoms with Gasteiger partial charge in [-0.25, -0.2) is 4.98 Å². The number of ketones is 1. The summed E-state index contributed by atoms with van der Waals surface area (Å²) >= 11 is 1.21. The van der Waals surface area contributed by atoms with Gasteiger partial charge in [-0.1, -0.05) is 54.2 Å². The maximum Gasteiger partial charge on any atom is 0.325 e. The van der Waals surface area contributed by atoms with Gasteiger partial charge in [0, 0.05) is 22.4 Å². The quantitative estimate of drug-likeness (QED) is 0.136. The van der Waals surface area contributed by atoms with Crippen molar-refractivity contribution in [3.05, 3.63) is 96.1 Å². The third kappa shape index (κ3) is 6.83. The van der Waals surface area contributed by atoms with Crippen LogP contribution < -0.4 is 10.1 Å². The van der Waals surface area contributed by atoms with Crippen LogP contribution in [0.1, 0.15) is 22.8 Å². The number of rotatable bonds is 11. The summed E-state index contributed by atoms with van der Waals surface area (Å²) in [7, 11) is 1.61. The van der Waals surface area contributed by atoms with Crippen LogP contribution in [0.5, 0.6) is 5.75 Å². The van der Waals surface area contributed by atoms with E-state index in [1.54, 1.807) is 38.3 Å². The molecule has 1 aromatic heterocycles. The molecular formula is C31H27N3O4S. The van der Waals surface area contributed by atoms with Crippen molar-refractivity contribution in [2.75, 3.05) is 31.3 Å². The van der Waals surface area contributed by atoms with Gasteiger partial charge in [-0.2, -0.15) is 5.26 Å². The van der Waals surface area contributed by atoms with E-state index in [0.717, 1.165) is 22.4 Å². The second-order valence-electron chi connectivity index (χ2n) is 8.36. The highest BCUT2D eigenvalue weighted by molar-refractivity contribution is 8.00. The van der Waals surface area contributed by atoms with Crippen LogP contribution >= 0.6 is 11.8 Å². The Bertz CT molecular complexity index is 1500. The standard InChI is InChI=1S/C31H27N3O4S/c1-3-38-30(36)19-33-27-12-8-7-11-24(27)29(35)20-39-31-26(18-32)25(21-9-5-4-6-10-21)17-28(34-31)22-13-15-23(37-2)16-14-22/h4-17,33H,3,19-20H2,1-2H3. The van der Waals surface area contributed by atoms with Crippen LogP contribution in [-0.2, 0) is 9.53 Å². The van der Waals surface area contributed by atoms with E-state index in [-0.39, 0.29) is 24.7 Å². The number of para-hydroxylation sites is 1. The number of hydrogen-bond acceptors (Lipinski definition) is 8. The van der Waals surface area contributed by atoms with Gasteiger partial charge in [0.2, 0.25) is 0 Å². The van der Waals surface area contributed by atoms with E-state index < -0.39 is 5.97 Å². The highest BCUT2D eigenvalue weighted by Crippen LogP contribution is 2.35. The number of Topliss-reactive ketones (excluding diaryl/α,β-unsaturated/α-hetero) is 1. The van der Waals surface area contributed by atoms with Crippen molar-refractivity contribution in [1.82, 2.24) is 4.98 Å². The van der Waals surface area contributed by atoms with Gasteiger partial charge in [0.15, 0.2) is 5.78 Å². The minimum absolute atomic E-state index is 0.0459. The molecule has 0 aliphatic heterocycles. The first-order valence-electron chi connectivity index (χ1n) is 12.3. The molecule has 7 nitrogen and oxygen atoms in total. The van der Waals surface area contributed by atoms with E-state index in [4.69, 9.17) is 14.5 Å². The number of nitrogens with zero attached hydrogens (tertiary/aromatic N) is 2. The molecule has 0 bridgehead atoms. The summed E-state index contributed by atoms with van der Waals surface area (Å²) in [5, 5.41) is 13.6. The molecule has 0 amide bonds. The molecule has 1 N–H and O–H groups in total. The minimum Gasteiger partial charge on any atom is -0.497 e. The van der Waals surface area contributed by atoms with Crippen LogP contribution in [0.15, 0.2) is 90.0 Å². The number of benzene rings is 3. The molecule has 0 unspecified atom stereocenters. The summed E-state index contributed by atoms with van der Waals surface area (Å²) in [4.78, 5) is 29.9. The summed E-state index contributed by atoms with van der Waals surface area (Å²) in [6.45, 7) is 1.98. The molecule has 8 heteroatoms. The lowest BCUT2D eigenvalue weighted by Gasteiger charge is -2.14. The Labute approximate surface area is 231 Å². The Balaban J connectivity index is 1.65.